The van der Waals surface area contributed by atoms with Crippen LogP contribution in [0.1, 0.15) is 0 Å². The van der Waals surface area contributed by atoms with E-state index in [1.807, 2.05) is 121 Å². The Balaban J connectivity index is 0.000000135. The van der Waals surface area contributed by atoms with Crippen molar-refractivity contribution in [3.63, 3.8) is 0 Å². The fourth-order valence-corrected chi connectivity index (χ4v) is 5.73. The molecule has 0 aromatic heterocycles. The van der Waals surface area contributed by atoms with Gasteiger partial charge in [-0.25, -0.2) is 0 Å². The predicted octanol–water partition coefficient (Wildman–Crippen LogP) is 9.97. The molecule has 8 aromatic rings. The average Bonchev–Trinajstić information content (AvgIpc) is 4.03. The van der Waals surface area contributed by atoms with Crippen molar-refractivity contribution in [1.29, 1.82) is 0 Å². The second-order valence-corrected chi connectivity index (χ2v) is 12.6. The van der Waals surface area contributed by atoms with E-state index in [0.29, 0.717) is 18.5 Å². The maximum absolute atomic E-state index is 10.1. The number of aromatic hydroxyl groups is 1. The van der Waals surface area contributed by atoms with Crippen LogP contribution < -0.4 is 14.2 Å². The first-order valence-electron chi connectivity index (χ1n) is 17.4. The van der Waals surface area contributed by atoms with Gasteiger partial charge in [0.25, 0.3) is 0 Å². The molecule has 0 spiro atoms. The van der Waals surface area contributed by atoms with Gasteiger partial charge >= 0.3 is 0 Å². The van der Waals surface area contributed by atoms with E-state index in [9.17, 15) is 5.11 Å². The topological polar surface area (TPSA) is 80.7 Å². The van der Waals surface area contributed by atoms with Crippen molar-refractivity contribution in [3.8, 4) is 23.0 Å². The third-order valence-electron chi connectivity index (χ3n) is 8.62. The van der Waals surface area contributed by atoms with Crippen molar-refractivity contribution in [3.05, 3.63) is 170 Å². The van der Waals surface area contributed by atoms with E-state index in [1.54, 1.807) is 12.1 Å². The normalized spacial score (nSPS) is 13.2. The zero-order valence-electron chi connectivity index (χ0n) is 28.7. The van der Waals surface area contributed by atoms with E-state index < -0.39 is 6.10 Å². The number of aliphatic hydroxyl groups excluding tert-OH is 1. The van der Waals surface area contributed by atoms with Crippen LogP contribution in [0.3, 0.4) is 0 Å². The molecule has 0 saturated carbocycles. The standard InChI is InChI=1S/C23H20O3.C13H12O2.C10H8O/c24-21(15-25-22-11-9-17-5-1-3-7-19(17)13-22)16-26-23-12-10-18-6-2-4-8-20(18)14-23;1-2-4-11-7-12(6-5-10(11)3-1)14-8-13-9-15-13;11-10-6-5-8-3-1-2-4-9(8)7-10/h1-14,21,24H,15-16H2;1-7,13H,8-9H2;1-7,11H. The van der Waals surface area contributed by atoms with Gasteiger partial charge in [0.05, 0.1) is 6.61 Å². The van der Waals surface area contributed by atoms with Crippen LogP contribution in [0.4, 0.5) is 0 Å². The number of aliphatic hydroxyl groups is 1. The van der Waals surface area contributed by atoms with Gasteiger partial charge in [-0.05, 0) is 91.6 Å². The van der Waals surface area contributed by atoms with Gasteiger partial charge in [-0.15, -0.1) is 0 Å². The van der Waals surface area contributed by atoms with E-state index in [2.05, 4.69) is 36.4 Å². The van der Waals surface area contributed by atoms with Crippen molar-refractivity contribution in [2.45, 2.75) is 12.2 Å². The van der Waals surface area contributed by atoms with Gasteiger partial charge < -0.3 is 29.2 Å². The first kappa shape index (κ1) is 34.4. The summed E-state index contributed by atoms with van der Waals surface area (Å²) in [7, 11) is 0. The van der Waals surface area contributed by atoms with E-state index in [-0.39, 0.29) is 13.2 Å². The van der Waals surface area contributed by atoms with Gasteiger partial charge in [-0.2, -0.15) is 0 Å². The molecule has 1 aliphatic rings. The Morgan fingerprint density at radius 2 is 0.808 bits per heavy atom. The molecule has 1 saturated heterocycles. The van der Waals surface area contributed by atoms with Crippen LogP contribution in [0.25, 0.3) is 43.1 Å². The van der Waals surface area contributed by atoms with Crippen LogP contribution in [0, 0.1) is 0 Å². The Bertz CT molecular complexity index is 2300. The van der Waals surface area contributed by atoms with Crippen LogP contribution in [-0.2, 0) is 4.74 Å². The van der Waals surface area contributed by atoms with Crippen LogP contribution >= 0.6 is 0 Å². The van der Waals surface area contributed by atoms with Crippen molar-refractivity contribution in [1.82, 2.24) is 0 Å². The smallest absolute Gasteiger partial charge is 0.122 e. The monoisotopic (exact) mass is 688 g/mol. The maximum Gasteiger partial charge on any atom is 0.122 e. The SMILES string of the molecule is OC(COc1ccc2ccccc2c1)COc1ccc2ccccc2c1.Oc1ccc2ccccc2c1.c1ccc2cc(OCC3CO3)ccc2c1. The Hall–Kier alpha value is -6.08. The minimum absolute atomic E-state index is 0.186. The number of phenolic OH excluding ortho intramolecular Hbond substituents is 1. The highest BCUT2D eigenvalue weighted by Gasteiger charge is 2.23. The summed E-state index contributed by atoms with van der Waals surface area (Å²) < 4.78 is 22.1. The molecule has 0 bridgehead atoms. The molecule has 0 aliphatic carbocycles. The fourth-order valence-electron chi connectivity index (χ4n) is 5.73. The summed E-state index contributed by atoms with van der Waals surface area (Å²) in [4.78, 5) is 0. The van der Waals surface area contributed by atoms with E-state index in [1.165, 1.54) is 21.5 Å². The van der Waals surface area contributed by atoms with Crippen molar-refractivity contribution < 1.29 is 29.2 Å². The van der Waals surface area contributed by atoms with Gasteiger partial charge in [-0.1, -0.05) is 121 Å². The highest BCUT2D eigenvalue weighted by molar-refractivity contribution is 5.85. The Kier molecular flexibility index (Phi) is 11.1. The molecule has 1 aliphatic heterocycles. The molecule has 8 aromatic carbocycles. The minimum atomic E-state index is -0.701. The molecule has 1 unspecified atom stereocenters. The lowest BCUT2D eigenvalue weighted by Crippen LogP contribution is -2.25. The summed E-state index contributed by atoms with van der Waals surface area (Å²) in [6, 6.07) is 55.8. The molecule has 6 nitrogen and oxygen atoms in total. The van der Waals surface area contributed by atoms with Crippen LogP contribution in [-0.4, -0.2) is 48.8 Å². The molecular formula is C46H40O6. The van der Waals surface area contributed by atoms with Crippen molar-refractivity contribution in [2.75, 3.05) is 26.4 Å². The third kappa shape index (κ3) is 9.58. The number of ether oxygens (including phenoxy) is 4. The second kappa shape index (κ2) is 16.8. The summed E-state index contributed by atoms with van der Waals surface area (Å²) in [6.07, 6.45) is -0.385. The number of rotatable bonds is 9. The van der Waals surface area contributed by atoms with E-state index >= 15 is 0 Å². The van der Waals surface area contributed by atoms with Gasteiger partial charge in [0.2, 0.25) is 0 Å². The zero-order valence-corrected chi connectivity index (χ0v) is 28.7. The molecule has 1 fully saturated rings. The number of epoxide rings is 1. The van der Waals surface area contributed by atoms with Crippen molar-refractivity contribution in [2.24, 2.45) is 0 Å². The fraction of sp³-hybridized carbons (Fsp3) is 0.130. The van der Waals surface area contributed by atoms with Gasteiger partial charge in [0.15, 0.2) is 0 Å². The quantitative estimate of drug-likeness (QED) is 0.147. The van der Waals surface area contributed by atoms with Gasteiger partial charge in [0, 0.05) is 0 Å². The molecular weight excluding hydrogens is 649 g/mol. The lowest BCUT2D eigenvalue weighted by atomic mass is 10.1. The lowest BCUT2D eigenvalue weighted by Gasteiger charge is -2.14. The van der Waals surface area contributed by atoms with E-state index in [4.69, 9.17) is 24.1 Å². The minimum Gasteiger partial charge on any atom is -0.508 e. The zero-order chi connectivity index (χ0) is 35.5. The predicted molar refractivity (Wildman–Crippen MR) is 210 cm³/mol. The lowest BCUT2D eigenvalue weighted by molar-refractivity contribution is 0.0627. The first-order valence-corrected chi connectivity index (χ1v) is 17.4. The molecule has 1 heterocycles. The number of hydrogen-bond donors (Lipinski definition) is 2. The summed E-state index contributed by atoms with van der Waals surface area (Å²) in [5, 5.41) is 28.5. The molecule has 52 heavy (non-hydrogen) atoms. The highest BCUT2D eigenvalue weighted by atomic mass is 16.6. The van der Waals surface area contributed by atoms with E-state index in [0.717, 1.165) is 45.4 Å². The summed E-state index contributed by atoms with van der Waals surface area (Å²) in [5.74, 6) is 2.73. The average molecular weight is 689 g/mol. The second-order valence-electron chi connectivity index (χ2n) is 12.6. The van der Waals surface area contributed by atoms with Crippen LogP contribution in [0.5, 0.6) is 23.0 Å². The Morgan fingerprint density at radius 1 is 0.462 bits per heavy atom. The molecule has 6 heteroatoms. The highest BCUT2D eigenvalue weighted by Crippen LogP contribution is 2.24. The third-order valence-corrected chi connectivity index (χ3v) is 8.62. The summed E-state index contributed by atoms with van der Waals surface area (Å²) in [6.45, 7) is 1.88. The Morgan fingerprint density at radius 3 is 1.21 bits per heavy atom. The molecule has 2 N–H and O–H groups in total. The van der Waals surface area contributed by atoms with Crippen LogP contribution in [0.2, 0.25) is 0 Å². The molecule has 260 valence electrons. The molecule has 0 amide bonds. The first-order chi connectivity index (χ1) is 25.6. The molecule has 1 atom stereocenters. The summed E-state index contributed by atoms with van der Waals surface area (Å²) >= 11 is 0. The number of hydrogen-bond acceptors (Lipinski definition) is 6. The Labute approximate surface area is 303 Å². The number of fused-ring (bicyclic) bond motifs is 4. The van der Waals surface area contributed by atoms with Gasteiger partial charge in [-0.3, -0.25) is 0 Å². The molecule has 9 rings (SSSR count). The van der Waals surface area contributed by atoms with Crippen molar-refractivity contribution >= 4 is 43.1 Å². The molecule has 0 radical (unpaired) electrons. The summed E-state index contributed by atoms with van der Waals surface area (Å²) in [5.41, 5.74) is 0. The largest absolute Gasteiger partial charge is 0.508 e. The maximum atomic E-state index is 10.1. The van der Waals surface area contributed by atoms with Gasteiger partial charge in [0.1, 0.15) is 55.0 Å². The number of phenols is 1. The number of benzene rings is 8. The van der Waals surface area contributed by atoms with Crippen LogP contribution in [0.15, 0.2) is 170 Å².